The molecule has 1 N–H and O–H groups in total. The van der Waals surface area contributed by atoms with Gasteiger partial charge in [0.05, 0.1) is 17.1 Å². The molecule has 0 bridgehead atoms. The first-order chi connectivity index (χ1) is 6.27. The minimum atomic E-state index is 0.630. The molecule has 0 aliphatic carbocycles. The number of hydrogen-bond donors (Lipinski definition) is 1. The molecule has 0 amide bonds. The minimum Gasteiger partial charge on any atom is -0.492 e. The average Bonchev–Trinajstić information content (AvgIpc) is 2.10. The monoisotopic (exact) mass is 263 g/mol. The van der Waals surface area contributed by atoms with E-state index in [1.165, 1.54) is 0 Å². The summed E-state index contributed by atoms with van der Waals surface area (Å²) in [6.45, 7) is 2.56. The van der Waals surface area contributed by atoms with Crippen LogP contribution in [0.3, 0.4) is 0 Å². The summed E-state index contributed by atoms with van der Waals surface area (Å²) in [6, 6.07) is 5.63. The summed E-state index contributed by atoms with van der Waals surface area (Å²) in [7, 11) is 0. The third-order valence-corrected chi connectivity index (χ3v) is 2.08. The van der Waals surface area contributed by atoms with E-state index >= 15 is 0 Å². The molecule has 72 valence electrons. The van der Waals surface area contributed by atoms with Crippen molar-refractivity contribution in [3.63, 3.8) is 0 Å². The lowest BCUT2D eigenvalue weighted by Crippen LogP contribution is -1.95. The first-order valence-corrected chi connectivity index (χ1v) is 5.50. The maximum absolute atomic E-state index is 5.96. The smallest absolute Gasteiger partial charge is 0.138 e. The van der Waals surface area contributed by atoms with Crippen molar-refractivity contribution in [2.24, 2.45) is 0 Å². The van der Waals surface area contributed by atoms with Gasteiger partial charge in [0.2, 0.25) is 0 Å². The van der Waals surface area contributed by atoms with E-state index in [1.807, 2.05) is 25.1 Å². The Hall–Kier alpha value is -0.410. The van der Waals surface area contributed by atoms with Crippen molar-refractivity contribution in [1.82, 2.24) is 0 Å². The van der Waals surface area contributed by atoms with Crippen LogP contribution < -0.4 is 10.1 Å². The van der Waals surface area contributed by atoms with Crippen LogP contribution >= 0.6 is 27.5 Å². The van der Waals surface area contributed by atoms with Gasteiger partial charge in [0.15, 0.2) is 0 Å². The van der Waals surface area contributed by atoms with E-state index in [-0.39, 0.29) is 0 Å². The molecule has 2 nitrogen and oxygen atoms in total. The summed E-state index contributed by atoms with van der Waals surface area (Å²) in [6.07, 6.45) is 0. The summed E-state index contributed by atoms with van der Waals surface area (Å²) >= 11 is 9.24. The van der Waals surface area contributed by atoms with Crippen molar-refractivity contribution in [3.8, 4) is 5.75 Å². The van der Waals surface area contributed by atoms with Gasteiger partial charge in [0.25, 0.3) is 0 Å². The van der Waals surface area contributed by atoms with Crippen LogP contribution in [0, 0.1) is 0 Å². The molecular weight excluding hydrogens is 253 g/mol. The number of hydrogen-bond acceptors (Lipinski definition) is 2. The largest absolute Gasteiger partial charge is 0.492 e. The maximum atomic E-state index is 5.96. The van der Waals surface area contributed by atoms with E-state index in [0.29, 0.717) is 17.1 Å². The lowest BCUT2D eigenvalue weighted by atomic mass is 10.3. The molecule has 1 aromatic rings. The van der Waals surface area contributed by atoms with Crippen LogP contribution in [0.15, 0.2) is 18.2 Å². The molecule has 0 saturated carbocycles. The van der Waals surface area contributed by atoms with Crippen LogP contribution in [0.25, 0.3) is 0 Å². The van der Waals surface area contributed by atoms with Crippen LogP contribution in [0.4, 0.5) is 5.69 Å². The van der Waals surface area contributed by atoms with Gasteiger partial charge in [-0.15, -0.1) is 0 Å². The molecule has 0 aromatic heterocycles. The lowest BCUT2D eigenvalue weighted by Gasteiger charge is -2.07. The molecular formula is C9H11BrClNO. The first kappa shape index (κ1) is 10.7. The van der Waals surface area contributed by atoms with Crippen LogP contribution in [-0.4, -0.2) is 12.1 Å². The minimum absolute atomic E-state index is 0.630. The summed E-state index contributed by atoms with van der Waals surface area (Å²) in [5, 5.41) is 3.73. The highest BCUT2D eigenvalue weighted by molar-refractivity contribution is 9.09. The van der Waals surface area contributed by atoms with Gasteiger partial charge >= 0.3 is 0 Å². The standard InChI is InChI=1S/C9H11BrClNO/c1-2-13-9-4-3-7(12-6-10)5-8(9)11/h3-5,12H,2,6H2,1H3. The van der Waals surface area contributed by atoms with Crippen molar-refractivity contribution >= 4 is 33.2 Å². The zero-order valence-corrected chi connectivity index (χ0v) is 9.65. The zero-order chi connectivity index (χ0) is 9.68. The SMILES string of the molecule is CCOc1ccc(NCBr)cc1Cl. The van der Waals surface area contributed by atoms with Crippen LogP contribution in [0.1, 0.15) is 6.92 Å². The zero-order valence-electron chi connectivity index (χ0n) is 7.31. The van der Waals surface area contributed by atoms with E-state index in [4.69, 9.17) is 16.3 Å². The predicted octanol–water partition coefficient (Wildman–Crippen LogP) is 3.50. The predicted molar refractivity (Wildman–Crippen MR) is 60.0 cm³/mol. The molecule has 0 fully saturated rings. The number of halogens is 2. The van der Waals surface area contributed by atoms with Crippen molar-refractivity contribution in [3.05, 3.63) is 23.2 Å². The Labute approximate surface area is 91.4 Å². The topological polar surface area (TPSA) is 21.3 Å². The van der Waals surface area contributed by atoms with Crippen LogP contribution in [-0.2, 0) is 0 Å². The van der Waals surface area contributed by atoms with Gasteiger partial charge in [-0.2, -0.15) is 0 Å². The second-order valence-corrected chi connectivity index (χ2v) is 3.36. The van der Waals surface area contributed by atoms with E-state index in [2.05, 4.69) is 21.2 Å². The molecule has 0 heterocycles. The van der Waals surface area contributed by atoms with Gasteiger partial charge in [-0.25, -0.2) is 0 Å². The van der Waals surface area contributed by atoms with Gasteiger partial charge in [0, 0.05) is 5.69 Å². The molecule has 0 aliphatic heterocycles. The Morgan fingerprint density at radius 3 is 2.85 bits per heavy atom. The van der Waals surface area contributed by atoms with E-state index in [1.54, 1.807) is 0 Å². The second kappa shape index (κ2) is 5.35. The molecule has 0 aliphatic rings. The van der Waals surface area contributed by atoms with Crippen molar-refractivity contribution in [2.45, 2.75) is 6.92 Å². The Morgan fingerprint density at radius 2 is 2.31 bits per heavy atom. The molecule has 1 rings (SSSR count). The molecule has 0 saturated heterocycles. The normalized spacial score (nSPS) is 9.77. The molecule has 1 aromatic carbocycles. The van der Waals surface area contributed by atoms with Crippen molar-refractivity contribution < 1.29 is 4.74 Å². The Balaban J connectivity index is 2.79. The maximum Gasteiger partial charge on any atom is 0.138 e. The Kier molecular flexibility index (Phi) is 4.39. The summed E-state index contributed by atoms with van der Waals surface area (Å²) < 4.78 is 5.30. The van der Waals surface area contributed by atoms with Gasteiger partial charge in [-0.1, -0.05) is 27.5 Å². The molecule has 4 heteroatoms. The van der Waals surface area contributed by atoms with Crippen molar-refractivity contribution in [1.29, 1.82) is 0 Å². The number of benzene rings is 1. The second-order valence-electron chi connectivity index (χ2n) is 2.39. The Morgan fingerprint density at radius 1 is 1.54 bits per heavy atom. The number of rotatable bonds is 4. The molecule has 0 atom stereocenters. The van der Waals surface area contributed by atoms with Crippen LogP contribution in [0.2, 0.25) is 5.02 Å². The highest BCUT2D eigenvalue weighted by Crippen LogP contribution is 2.27. The fraction of sp³-hybridized carbons (Fsp3) is 0.333. The fourth-order valence-electron chi connectivity index (χ4n) is 0.961. The van der Waals surface area contributed by atoms with E-state index < -0.39 is 0 Å². The summed E-state index contributed by atoms with van der Waals surface area (Å²) in [5.41, 5.74) is 1.68. The lowest BCUT2D eigenvalue weighted by molar-refractivity contribution is 0.340. The number of alkyl halides is 1. The van der Waals surface area contributed by atoms with Crippen LogP contribution in [0.5, 0.6) is 5.75 Å². The van der Waals surface area contributed by atoms with Gasteiger partial charge in [-0.05, 0) is 25.1 Å². The van der Waals surface area contributed by atoms with Crippen molar-refractivity contribution in [2.75, 3.05) is 17.4 Å². The third kappa shape index (κ3) is 3.08. The first-order valence-electron chi connectivity index (χ1n) is 4.00. The molecule has 0 unspecified atom stereocenters. The molecule has 0 spiro atoms. The number of ether oxygens (including phenoxy) is 1. The van der Waals surface area contributed by atoms with Gasteiger partial charge in [-0.3, -0.25) is 0 Å². The molecule has 13 heavy (non-hydrogen) atoms. The third-order valence-electron chi connectivity index (χ3n) is 1.50. The average molecular weight is 265 g/mol. The molecule has 0 radical (unpaired) electrons. The fourth-order valence-corrected chi connectivity index (χ4v) is 1.52. The highest BCUT2D eigenvalue weighted by atomic mass is 79.9. The number of anilines is 1. The van der Waals surface area contributed by atoms with Gasteiger partial charge in [0.1, 0.15) is 5.75 Å². The number of nitrogens with one attached hydrogen (secondary N) is 1. The van der Waals surface area contributed by atoms with E-state index in [9.17, 15) is 0 Å². The quantitative estimate of drug-likeness (QED) is 0.664. The Bertz CT molecular complexity index is 280. The van der Waals surface area contributed by atoms with E-state index in [0.717, 1.165) is 11.4 Å². The van der Waals surface area contributed by atoms with Gasteiger partial charge < -0.3 is 10.1 Å². The summed E-state index contributed by atoms with van der Waals surface area (Å²) in [5.74, 6) is 0.726. The highest BCUT2D eigenvalue weighted by Gasteiger charge is 2.01. The summed E-state index contributed by atoms with van der Waals surface area (Å²) in [4.78, 5) is 0.